The fraction of sp³-hybridized carbons (Fsp3) is 0.900. The Morgan fingerprint density at radius 2 is 2.33 bits per heavy atom. The van der Waals surface area contributed by atoms with Crippen molar-refractivity contribution in [2.24, 2.45) is 5.92 Å². The molecule has 12 heavy (non-hydrogen) atoms. The van der Waals surface area contributed by atoms with Crippen LogP contribution < -0.4 is 0 Å². The summed E-state index contributed by atoms with van der Waals surface area (Å²) in [4.78, 5) is 13.5. The van der Waals surface area contributed by atoms with E-state index in [9.17, 15) is 4.79 Å². The van der Waals surface area contributed by atoms with Crippen LogP contribution in [-0.2, 0) is 4.79 Å². The van der Waals surface area contributed by atoms with Gasteiger partial charge in [-0.15, -0.1) is 0 Å². The molecule has 1 heterocycles. The van der Waals surface area contributed by atoms with Gasteiger partial charge in [0, 0.05) is 13.0 Å². The van der Waals surface area contributed by atoms with Crippen LogP contribution in [0, 0.1) is 5.92 Å². The van der Waals surface area contributed by atoms with Gasteiger partial charge in [-0.1, -0.05) is 13.8 Å². The Morgan fingerprint density at radius 1 is 1.58 bits per heavy atom. The van der Waals surface area contributed by atoms with Crippen LogP contribution in [0.25, 0.3) is 0 Å². The molecule has 0 aromatic heterocycles. The zero-order chi connectivity index (χ0) is 8.97. The number of Topliss-reactive ketones (excluding diaryl/α,β-unsaturated/α-hetero) is 1. The third-order valence-electron chi connectivity index (χ3n) is 2.44. The number of hydrogen-bond acceptors (Lipinski definition) is 2. The third kappa shape index (κ3) is 2.94. The van der Waals surface area contributed by atoms with Gasteiger partial charge in [-0.25, -0.2) is 0 Å². The molecule has 1 aliphatic rings. The van der Waals surface area contributed by atoms with E-state index in [1.54, 1.807) is 0 Å². The van der Waals surface area contributed by atoms with E-state index in [2.05, 4.69) is 18.7 Å². The van der Waals surface area contributed by atoms with Crippen LogP contribution in [0.2, 0.25) is 0 Å². The molecule has 0 bridgehead atoms. The number of carbonyl (C=O) groups is 1. The lowest BCUT2D eigenvalue weighted by Crippen LogP contribution is -2.27. The monoisotopic (exact) mass is 169 g/mol. The maximum Gasteiger partial charge on any atom is 0.146 e. The summed E-state index contributed by atoms with van der Waals surface area (Å²) in [7, 11) is 0. The third-order valence-corrected chi connectivity index (χ3v) is 2.44. The smallest absolute Gasteiger partial charge is 0.146 e. The van der Waals surface area contributed by atoms with Gasteiger partial charge in [-0.3, -0.25) is 9.69 Å². The Hall–Kier alpha value is -0.370. The second-order valence-electron chi connectivity index (χ2n) is 3.92. The average molecular weight is 169 g/mol. The van der Waals surface area contributed by atoms with Crippen molar-refractivity contribution in [3.63, 3.8) is 0 Å². The van der Waals surface area contributed by atoms with E-state index >= 15 is 0 Å². The van der Waals surface area contributed by atoms with Crippen molar-refractivity contribution < 1.29 is 4.79 Å². The fourth-order valence-electron chi connectivity index (χ4n) is 1.78. The number of nitrogens with zero attached hydrogens (tertiary/aromatic N) is 1. The van der Waals surface area contributed by atoms with Gasteiger partial charge in [-0.05, 0) is 25.3 Å². The summed E-state index contributed by atoms with van der Waals surface area (Å²) in [5, 5.41) is 0. The van der Waals surface area contributed by atoms with E-state index in [0.29, 0.717) is 12.3 Å². The summed E-state index contributed by atoms with van der Waals surface area (Å²) < 4.78 is 0. The van der Waals surface area contributed by atoms with Crippen molar-refractivity contribution in [1.29, 1.82) is 0 Å². The fourth-order valence-corrected chi connectivity index (χ4v) is 1.78. The number of carbonyl (C=O) groups excluding carboxylic acids is 1. The van der Waals surface area contributed by atoms with Gasteiger partial charge in [0.1, 0.15) is 5.78 Å². The normalized spacial score (nSPS) is 24.7. The van der Waals surface area contributed by atoms with Crippen LogP contribution in [0.5, 0.6) is 0 Å². The highest BCUT2D eigenvalue weighted by Crippen LogP contribution is 2.14. The van der Waals surface area contributed by atoms with Crippen LogP contribution >= 0.6 is 0 Å². The maximum atomic E-state index is 11.3. The summed E-state index contributed by atoms with van der Waals surface area (Å²) in [5.41, 5.74) is 0. The molecular formula is C10H19NO. The van der Waals surface area contributed by atoms with Crippen LogP contribution in [0.1, 0.15) is 33.1 Å². The second-order valence-corrected chi connectivity index (χ2v) is 3.92. The minimum Gasteiger partial charge on any atom is -0.298 e. The summed E-state index contributed by atoms with van der Waals surface area (Å²) in [6, 6.07) is 0. The van der Waals surface area contributed by atoms with Gasteiger partial charge in [-0.2, -0.15) is 0 Å². The van der Waals surface area contributed by atoms with E-state index in [1.807, 2.05) is 0 Å². The van der Waals surface area contributed by atoms with Crippen LogP contribution in [-0.4, -0.2) is 30.3 Å². The molecule has 2 nitrogen and oxygen atoms in total. The van der Waals surface area contributed by atoms with Crippen molar-refractivity contribution in [2.45, 2.75) is 33.1 Å². The Balaban J connectivity index is 2.18. The molecule has 1 saturated heterocycles. The van der Waals surface area contributed by atoms with Gasteiger partial charge >= 0.3 is 0 Å². The first-order valence-electron chi connectivity index (χ1n) is 4.96. The van der Waals surface area contributed by atoms with Crippen molar-refractivity contribution in [3.05, 3.63) is 0 Å². The first-order valence-corrected chi connectivity index (χ1v) is 4.96. The van der Waals surface area contributed by atoms with Crippen molar-refractivity contribution in [2.75, 3.05) is 19.6 Å². The SMILES string of the molecule is CCCC(=O)CN1CCC(C)C1. The molecule has 1 fully saturated rings. The quantitative estimate of drug-likeness (QED) is 0.638. The molecule has 0 aromatic carbocycles. The lowest BCUT2D eigenvalue weighted by Gasteiger charge is -2.13. The number of hydrogen-bond donors (Lipinski definition) is 0. The minimum atomic E-state index is 0.409. The molecule has 1 rings (SSSR count). The second kappa shape index (κ2) is 4.61. The molecule has 2 heteroatoms. The molecule has 0 saturated carbocycles. The Bertz CT molecular complexity index is 156. The molecule has 70 valence electrons. The molecule has 0 radical (unpaired) electrons. The molecule has 1 unspecified atom stereocenters. The molecule has 0 N–H and O–H groups in total. The lowest BCUT2D eigenvalue weighted by molar-refractivity contribution is -0.120. The molecule has 0 spiro atoms. The number of ketones is 1. The van der Waals surface area contributed by atoms with E-state index in [1.165, 1.54) is 6.42 Å². The van der Waals surface area contributed by atoms with E-state index in [0.717, 1.165) is 31.8 Å². The van der Waals surface area contributed by atoms with E-state index in [-0.39, 0.29) is 0 Å². The largest absolute Gasteiger partial charge is 0.298 e. The van der Waals surface area contributed by atoms with Gasteiger partial charge in [0.25, 0.3) is 0 Å². The predicted molar refractivity (Wildman–Crippen MR) is 50.1 cm³/mol. The first kappa shape index (κ1) is 9.72. The number of rotatable bonds is 4. The van der Waals surface area contributed by atoms with Gasteiger partial charge in [0.2, 0.25) is 0 Å². The molecule has 1 aliphatic heterocycles. The van der Waals surface area contributed by atoms with Gasteiger partial charge in [0.05, 0.1) is 6.54 Å². The highest BCUT2D eigenvalue weighted by molar-refractivity contribution is 5.80. The standard InChI is InChI=1S/C10H19NO/c1-3-4-10(12)8-11-6-5-9(2)7-11/h9H,3-8H2,1-2H3. The Kier molecular flexibility index (Phi) is 3.73. The zero-order valence-corrected chi connectivity index (χ0v) is 8.18. The summed E-state index contributed by atoms with van der Waals surface area (Å²) in [5.74, 6) is 1.20. The maximum absolute atomic E-state index is 11.3. The van der Waals surface area contributed by atoms with Crippen LogP contribution in [0.3, 0.4) is 0 Å². The Morgan fingerprint density at radius 3 is 2.83 bits per heavy atom. The molecule has 0 aliphatic carbocycles. The summed E-state index contributed by atoms with van der Waals surface area (Å²) in [6.45, 7) is 7.25. The first-order chi connectivity index (χ1) is 5.72. The molecule has 0 aromatic rings. The molecular weight excluding hydrogens is 150 g/mol. The summed E-state index contributed by atoms with van der Waals surface area (Å²) in [6.07, 6.45) is 3.01. The predicted octanol–water partition coefficient (Wildman–Crippen LogP) is 1.70. The number of likely N-dealkylation sites (tertiary alicyclic amines) is 1. The minimum absolute atomic E-state index is 0.409. The molecule has 0 amide bonds. The van der Waals surface area contributed by atoms with Gasteiger partial charge < -0.3 is 0 Å². The average Bonchev–Trinajstić information content (AvgIpc) is 2.36. The Labute approximate surface area is 74.9 Å². The van der Waals surface area contributed by atoms with E-state index < -0.39 is 0 Å². The van der Waals surface area contributed by atoms with Crippen molar-refractivity contribution >= 4 is 5.78 Å². The van der Waals surface area contributed by atoms with Crippen molar-refractivity contribution in [3.8, 4) is 0 Å². The van der Waals surface area contributed by atoms with Crippen LogP contribution in [0.15, 0.2) is 0 Å². The highest BCUT2D eigenvalue weighted by Gasteiger charge is 2.19. The lowest BCUT2D eigenvalue weighted by atomic mass is 10.2. The van der Waals surface area contributed by atoms with E-state index in [4.69, 9.17) is 0 Å². The molecule has 1 atom stereocenters. The van der Waals surface area contributed by atoms with Crippen LogP contribution in [0.4, 0.5) is 0 Å². The topological polar surface area (TPSA) is 20.3 Å². The van der Waals surface area contributed by atoms with Gasteiger partial charge in [0.15, 0.2) is 0 Å². The van der Waals surface area contributed by atoms with Crippen molar-refractivity contribution in [1.82, 2.24) is 4.90 Å². The highest BCUT2D eigenvalue weighted by atomic mass is 16.1. The zero-order valence-electron chi connectivity index (χ0n) is 8.18. The summed E-state index contributed by atoms with van der Waals surface area (Å²) >= 11 is 0.